The Hall–Kier alpha value is -3.62. The van der Waals surface area contributed by atoms with Gasteiger partial charge >= 0.3 is 12.2 Å². The Morgan fingerprint density at radius 3 is 2.71 bits per heavy atom. The van der Waals surface area contributed by atoms with E-state index >= 15 is 8.78 Å². The monoisotopic (exact) mass is 685 g/mol. The van der Waals surface area contributed by atoms with Gasteiger partial charge in [-0.2, -0.15) is 23.1 Å². The predicted molar refractivity (Wildman–Crippen MR) is 174 cm³/mol. The predicted octanol–water partition coefficient (Wildman–Crippen LogP) is 5.79. The van der Waals surface area contributed by atoms with Crippen molar-refractivity contribution in [2.75, 3.05) is 56.6 Å². The van der Waals surface area contributed by atoms with Crippen molar-refractivity contribution in [2.24, 2.45) is 5.92 Å². The van der Waals surface area contributed by atoms with Crippen molar-refractivity contribution in [1.82, 2.24) is 25.2 Å². The third kappa shape index (κ3) is 5.41. The van der Waals surface area contributed by atoms with E-state index in [1.54, 1.807) is 0 Å². The second-order valence-corrected chi connectivity index (χ2v) is 14.6. The van der Waals surface area contributed by atoms with Crippen molar-refractivity contribution >= 4 is 22.4 Å². The standard InChI is InChI=1S/C35H40F5N7O2/c1-19-13-33(7-3-9-47(33)15-19)18-49-32-43-29-23(14-42-30(28(29)37)25-26(35(38,39)40)20(2)12-24(41)27(25)36)31(44-32)46-16-22-4-8-34(17-46,45-22)21-5-10-48-11-6-21/h12,14,21-22,45H,1,3-11,13,15-18,41H2,2H3/t22-,33-,34+/m0/s1. The zero-order valence-corrected chi connectivity index (χ0v) is 27.4. The van der Waals surface area contributed by atoms with Crippen LogP contribution in [0.4, 0.5) is 33.5 Å². The Kier molecular flexibility index (Phi) is 7.80. The number of piperazine rings is 1. The molecule has 262 valence electrons. The maximum Gasteiger partial charge on any atom is 0.417 e. The third-order valence-corrected chi connectivity index (χ3v) is 11.5. The summed E-state index contributed by atoms with van der Waals surface area (Å²) < 4.78 is 87.3. The number of nitrogens with zero attached hydrogens (tertiary/aromatic N) is 5. The molecule has 3 aromatic rings. The maximum absolute atomic E-state index is 16.8. The van der Waals surface area contributed by atoms with Gasteiger partial charge in [0, 0.05) is 50.6 Å². The van der Waals surface area contributed by atoms with Gasteiger partial charge in [-0.3, -0.25) is 9.88 Å². The van der Waals surface area contributed by atoms with Crippen LogP contribution in [-0.2, 0) is 10.9 Å². The Balaban J connectivity index is 1.26. The molecular weight excluding hydrogens is 645 g/mol. The zero-order chi connectivity index (χ0) is 34.3. The number of rotatable bonds is 6. The molecule has 5 fully saturated rings. The fraction of sp³-hybridized carbons (Fsp3) is 0.571. The largest absolute Gasteiger partial charge is 0.461 e. The summed E-state index contributed by atoms with van der Waals surface area (Å²) in [5.74, 6) is -1.83. The van der Waals surface area contributed by atoms with Gasteiger partial charge in [-0.15, -0.1) is 0 Å². The Morgan fingerprint density at radius 1 is 1.14 bits per heavy atom. The summed E-state index contributed by atoms with van der Waals surface area (Å²) >= 11 is 0. The summed E-state index contributed by atoms with van der Waals surface area (Å²) in [6, 6.07) is 0.962. The summed E-state index contributed by atoms with van der Waals surface area (Å²) in [4.78, 5) is 17.9. The lowest BCUT2D eigenvalue weighted by molar-refractivity contribution is -0.137. The molecule has 5 aliphatic heterocycles. The van der Waals surface area contributed by atoms with Gasteiger partial charge in [0.05, 0.1) is 27.7 Å². The summed E-state index contributed by atoms with van der Waals surface area (Å²) in [6.07, 6.45) is 2.69. The zero-order valence-electron chi connectivity index (χ0n) is 27.4. The quantitative estimate of drug-likeness (QED) is 0.190. The number of halogens is 5. The molecule has 9 nitrogen and oxygen atoms in total. The number of pyridine rings is 1. The molecule has 0 aliphatic carbocycles. The topological polar surface area (TPSA) is 102 Å². The molecule has 3 N–H and O–H groups in total. The van der Waals surface area contributed by atoms with E-state index in [4.69, 9.17) is 20.2 Å². The molecule has 2 bridgehead atoms. The second-order valence-electron chi connectivity index (χ2n) is 14.6. The highest BCUT2D eigenvalue weighted by Gasteiger charge is 2.50. The molecule has 2 aromatic heterocycles. The summed E-state index contributed by atoms with van der Waals surface area (Å²) in [7, 11) is 0. The molecule has 5 saturated heterocycles. The highest BCUT2D eigenvalue weighted by atomic mass is 19.4. The molecule has 0 unspecified atom stereocenters. The first-order chi connectivity index (χ1) is 23.4. The number of benzene rings is 1. The van der Waals surface area contributed by atoms with Crippen LogP contribution in [-0.4, -0.2) is 83.0 Å². The molecule has 7 heterocycles. The van der Waals surface area contributed by atoms with Gasteiger partial charge in [-0.05, 0) is 76.0 Å². The SMILES string of the molecule is C=C1CN2CCC[C@@]2(COc2nc(N3C[C@@H]4CC[C@](C5CCOCC5)(C3)N4)c3cnc(-c4c(F)c(N)cc(C)c4C(F)(F)F)c(F)c3n2)C1. The molecule has 5 aliphatic rings. The lowest BCUT2D eigenvalue weighted by Gasteiger charge is -2.47. The number of nitrogens with one attached hydrogen (secondary N) is 1. The second kappa shape index (κ2) is 11.7. The molecule has 0 saturated carbocycles. The summed E-state index contributed by atoms with van der Waals surface area (Å²) in [6.45, 7) is 9.83. The van der Waals surface area contributed by atoms with Crippen LogP contribution in [0.2, 0.25) is 0 Å². The maximum atomic E-state index is 16.8. The fourth-order valence-corrected chi connectivity index (χ4v) is 9.33. The van der Waals surface area contributed by atoms with Crippen LogP contribution < -0.4 is 20.7 Å². The first-order valence-electron chi connectivity index (χ1n) is 17.0. The number of nitrogen functional groups attached to an aromatic ring is 1. The minimum absolute atomic E-state index is 0.0939. The highest BCUT2D eigenvalue weighted by molar-refractivity contribution is 5.92. The van der Waals surface area contributed by atoms with Crippen LogP contribution >= 0.6 is 0 Å². The molecule has 14 heteroatoms. The average Bonchev–Trinajstić information content (AvgIpc) is 3.70. The summed E-state index contributed by atoms with van der Waals surface area (Å²) in [5.41, 5.74) is 2.02. The third-order valence-electron chi connectivity index (χ3n) is 11.5. The molecule has 0 amide bonds. The number of aromatic nitrogens is 3. The van der Waals surface area contributed by atoms with Gasteiger partial charge in [0.1, 0.15) is 23.6 Å². The Bertz CT molecular complexity index is 1830. The first kappa shape index (κ1) is 32.6. The van der Waals surface area contributed by atoms with Crippen LogP contribution in [0.15, 0.2) is 24.4 Å². The van der Waals surface area contributed by atoms with Gasteiger partial charge in [0.15, 0.2) is 11.6 Å². The summed E-state index contributed by atoms with van der Waals surface area (Å²) in [5, 5.41) is 4.08. The number of hydrogen-bond acceptors (Lipinski definition) is 9. The van der Waals surface area contributed by atoms with Crippen molar-refractivity contribution in [1.29, 1.82) is 0 Å². The van der Waals surface area contributed by atoms with Crippen LogP contribution in [0.5, 0.6) is 6.01 Å². The number of anilines is 2. The number of nitrogens with two attached hydrogens (primary N) is 1. The lowest BCUT2D eigenvalue weighted by atomic mass is 9.77. The van der Waals surface area contributed by atoms with Crippen LogP contribution in [0.25, 0.3) is 22.2 Å². The van der Waals surface area contributed by atoms with Crippen molar-refractivity contribution < 1.29 is 31.4 Å². The van der Waals surface area contributed by atoms with Crippen molar-refractivity contribution in [3.8, 4) is 17.3 Å². The molecule has 0 spiro atoms. The van der Waals surface area contributed by atoms with E-state index in [-0.39, 0.29) is 46.2 Å². The number of ether oxygens (including phenoxy) is 2. The Labute approximate surface area is 281 Å². The van der Waals surface area contributed by atoms with Crippen LogP contribution in [0, 0.1) is 24.5 Å². The average molecular weight is 686 g/mol. The normalized spacial score (nSPS) is 27.8. The van der Waals surface area contributed by atoms with Gasteiger partial charge in [0.2, 0.25) is 0 Å². The van der Waals surface area contributed by atoms with E-state index in [9.17, 15) is 13.2 Å². The van der Waals surface area contributed by atoms with Gasteiger partial charge in [-0.25, -0.2) is 8.78 Å². The van der Waals surface area contributed by atoms with Crippen molar-refractivity contribution in [3.05, 3.63) is 47.2 Å². The molecule has 3 atom stereocenters. The van der Waals surface area contributed by atoms with Gasteiger partial charge < -0.3 is 25.4 Å². The highest BCUT2D eigenvalue weighted by Crippen LogP contribution is 2.46. The molecule has 8 rings (SSSR count). The van der Waals surface area contributed by atoms with E-state index in [0.717, 1.165) is 76.6 Å². The smallest absolute Gasteiger partial charge is 0.417 e. The van der Waals surface area contributed by atoms with Crippen LogP contribution in [0.1, 0.15) is 56.1 Å². The van der Waals surface area contributed by atoms with Crippen molar-refractivity contribution in [3.63, 3.8) is 0 Å². The van der Waals surface area contributed by atoms with Gasteiger partial charge in [0.25, 0.3) is 0 Å². The first-order valence-corrected chi connectivity index (χ1v) is 17.0. The molecule has 1 aromatic carbocycles. The lowest BCUT2D eigenvalue weighted by Crippen LogP contribution is -2.63. The Morgan fingerprint density at radius 2 is 1.94 bits per heavy atom. The van der Waals surface area contributed by atoms with Gasteiger partial charge in [-0.1, -0.05) is 12.2 Å². The minimum atomic E-state index is -5.00. The number of alkyl halides is 3. The fourth-order valence-electron chi connectivity index (χ4n) is 9.33. The molecular formula is C35H40F5N7O2. The van der Waals surface area contributed by atoms with E-state index in [1.807, 2.05) is 0 Å². The van der Waals surface area contributed by atoms with E-state index < -0.39 is 40.3 Å². The van der Waals surface area contributed by atoms with Crippen molar-refractivity contribution in [2.45, 2.75) is 75.2 Å². The van der Waals surface area contributed by atoms with Crippen LogP contribution in [0.3, 0.4) is 0 Å². The molecule has 49 heavy (non-hydrogen) atoms. The van der Waals surface area contributed by atoms with E-state index in [1.165, 1.54) is 6.20 Å². The number of fused-ring (bicyclic) bond motifs is 4. The van der Waals surface area contributed by atoms with E-state index in [2.05, 4.69) is 31.7 Å². The number of aryl methyl sites for hydroxylation is 1. The minimum Gasteiger partial charge on any atom is -0.461 e. The number of hydrogen-bond donors (Lipinski definition) is 2. The van der Waals surface area contributed by atoms with E-state index in [0.29, 0.717) is 38.0 Å². The molecule has 0 radical (unpaired) electrons.